The SMILES string of the molecule is O=C(NCC1CCCCN1)Nc1ccncc1. The molecule has 1 atom stereocenters. The molecule has 1 aliphatic heterocycles. The van der Waals surface area contributed by atoms with Crippen LogP contribution in [-0.4, -0.2) is 30.1 Å². The van der Waals surface area contributed by atoms with Crippen molar-refractivity contribution in [2.24, 2.45) is 0 Å². The zero-order valence-corrected chi connectivity index (χ0v) is 9.78. The van der Waals surface area contributed by atoms with E-state index in [0.717, 1.165) is 18.7 Å². The number of nitrogens with zero attached hydrogens (tertiary/aromatic N) is 1. The van der Waals surface area contributed by atoms with E-state index in [1.807, 2.05) is 0 Å². The summed E-state index contributed by atoms with van der Waals surface area (Å²) in [6, 6.07) is 3.77. The van der Waals surface area contributed by atoms with E-state index in [1.165, 1.54) is 12.8 Å². The van der Waals surface area contributed by atoms with Crippen LogP contribution in [0.3, 0.4) is 0 Å². The molecule has 0 spiro atoms. The number of urea groups is 1. The van der Waals surface area contributed by atoms with E-state index in [4.69, 9.17) is 0 Å². The first-order chi connectivity index (χ1) is 8.34. The second kappa shape index (κ2) is 6.20. The van der Waals surface area contributed by atoms with Gasteiger partial charge in [0.05, 0.1) is 0 Å². The number of nitrogens with one attached hydrogen (secondary N) is 3. The van der Waals surface area contributed by atoms with Gasteiger partial charge in [-0.15, -0.1) is 0 Å². The van der Waals surface area contributed by atoms with Gasteiger partial charge in [-0.2, -0.15) is 0 Å². The molecule has 1 aromatic heterocycles. The molecule has 1 saturated heterocycles. The van der Waals surface area contributed by atoms with E-state index in [0.29, 0.717) is 12.6 Å². The molecule has 5 nitrogen and oxygen atoms in total. The first-order valence-electron chi connectivity index (χ1n) is 6.03. The molecular formula is C12H18N4O. The van der Waals surface area contributed by atoms with E-state index in [-0.39, 0.29) is 6.03 Å². The number of rotatable bonds is 3. The molecular weight excluding hydrogens is 216 g/mol. The number of carbonyl (C=O) groups excluding carboxylic acids is 1. The Balaban J connectivity index is 1.70. The summed E-state index contributed by atoms with van der Waals surface area (Å²) in [5.74, 6) is 0. The van der Waals surface area contributed by atoms with Crippen LogP contribution < -0.4 is 16.0 Å². The quantitative estimate of drug-likeness (QED) is 0.739. The van der Waals surface area contributed by atoms with Gasteiger partial charge in [0, 0.05) is 30.7 Å². The van der Waals surface area contributed by atoms with Crippen LogP contribution in [0.5, 0.6) is 0 Å². The molecule has 5 heteroatoms. The summed E-state index contributed by atoms with van der Waals surface area (Å²) in [5.41, 5.74) is 0.758. The van der Waals surface area contributed by atoms with E-state index in [9.17, 15) is 4.79 Å². The molecule has 2 heterocycles. The monoisotopic (exact) mass is 234 g/mol. The second-order valence-corrected chi connectivity index (χ2v) is 4.22. The third-order valence-corrected chi connectivity index (χ3v) is 2.86. The van der Waals surface area contributed by atoms with Crippen molar-refractivity contribution in [2.45, 2.75) is 25.3 Å². The molecule has 0 aliphatic carbocycles. The summed E-state index contributed by atoms with van der Waals surface area (Å²) in [4.78, 5) is 15.5. The van der Waals surface area contributed by atoms with Gasteiger partial charge < -0.3 is 16.0 Å². The largest absolute Gasteiger partial charge is 0.336 e. The fraction of sp³-hybridized carbons (Fsp3) is 0.500. The van der Waals surface area contributed by atoms with Crippen LogP contribution in [0.4, 0.5) is 10.5 Å². The van der Waals surface area contributed by atoms with Crippen molar-refractivity contribution >= 4 is 11.7 Å². The molecule has 0 bridgehead atoms. The molecule has 0 saturated carbocycles. The van der Waals surface area contributed by atoms with Crippen molar-refractivity contribution in [1.82, 2.24) is 15.6 Å². The van der Waals surface area contributed by atoms with Crippen LogP contribution in [0.25, 0.3) is 0 Å². The van der Waals surface area contributed by atoms with Crippen LogP contribution in [0.2, 0.25) is 0 Å². The van der Waals surface area contributed by atoms with Crippen molar-refractivity contribution in [3.05, 3.63) is 24.5 Å². The molecule has 92 valence electrons. The maximum absolute atomic E-state index is 11.6. The molecule has 0 radical (unpaired) electrons. The normalized spacial score (nSPS) is 19.6. The van der Waals surface area contributed by atoms with Gasteiger partial charge in [0.15, 0.2) is 0 Å². The standard InChI is InChI=1S/C12H18N4O/c17-12(16-10-4-7-13-8-5-10)15-9-11-3-1-2-6-14-11/h4-5,7-8,11,14H,1-3,6,9H2,(H2,13,15,16,17). The Bertz CT molecular complexity index is 349. The second-order valence-electron chi connectivity index (χ2n) is 4.22. The highest BCUT2D eigenvalue weighted by Crippen LogP contribution is 2.06. The van der Waals surface area contributed by atoms with Crippen molar-refractivity contribution in [3.8, 4) is 0 Å². The highest BCUT2D eigenvalue weighted by atomic mass is 16.2. The van der Waals surface area contributed by atoms with E-state index < -0.39 is 0 Å². The Labute approximate surface area is 101 Å². The summed E-state index contributed by atoms with van der Waals surface area (Å²) in [7, 11) is 0. The van der Waals surface area contributed by atoms with Gasteiger partial charge in [-0.05, 0) is 31.5 Å². The predicted octanol–water partition coefficient (Wildman–Crippen LogP) is 1.35. The molecule has 1 fully saturated rings. The Morgan fingerprint density at radius 2 is 2.24 bits per heavy atom. The zero-order valence-electron chi connectivity index (χ0n) is 9.78. The summed E-state index contributed by atoms with van der Waals surface area (Å²) >= 11 is 0. The minimum Gasteiger partial charge on any atom is -0.336 e. The molecule has 2 amide bonds. The lowest BCUT2D eigenvalue weighted by Crippen LogP contribution is -2.44. The van der Waals surface area contributed by atoms with Crippen LogP contribution in [0.15, 0.2) is 24.5 Å². The maximum Gasteiger partial charge on any atom is 0.319 e. The van der Waals surface area contributed by atoms with Gasteiger partial charge in [0.25, 0.3) is 0 Å². The van der Waals surface area contributed by atoms with Gasteiger partial charge in [0.2, 0.25) is 0 Å². The first kappa shape index (κ1) is 11.9. The fourth-order valence-electron chi connectivity index (χ4n) is 1.92. The molecule has 1 aliphatic rings. The summed E-state index contributed by atoms with van der Waals surface area (Å²) in [6.45, 7) is 1.73. The zero-order chi connectivity index (χ0) is 11.9. The lowest BCUT2D eigenvalue weighted by atomic mass is 10.1. The van der Waals surface area contributed by atoms with Crippen LogP contribution in [0, 0.1) is 0 Å². The van der Waals surface area contributed by atoms with Crippen LogP contribution in [0.1, 0.15) is 19.3 Å². The van der Waals surface area contributed by atoms with Crippen LogP contribution in [-0.2, 0) is 0 Å². The maximum atomic E-state index is 11.6. The smallest absolute Gasteiger partial charge is 0.319 e. The summed E-state index contributed by atoms with van der Waals surface area (Å²) < 4.78 is 0. The van der Waals surface area contributed by atoms with Gasteiger partial charge in [-0.1, -0.05) is 6.42 Å². The summed E-state index contributed by atoms with van der Waals surface area (Å²) in [6.07, 6.45) is 6.91. The number of amides is 2. The Morgan fingerprint density at radius 3 is 2.94 bits per heavy atom. The number of aromatic nitrogens is 1. The highest BCUT2D eigenvalue weighted by Gasteiger charge is 2.13. The number of hydrogen-bond donors (Lipinski definition) is 3. The lowest BCUT2D eigenvalue weighted by molar-refractivity contribution is 0.249. The van der Waals surface area contributed by atoms with Crippen molar-refractivity contribution < 1.29 is 4.79 Å². The van der Waals surface area contributed by atoms with E-state index >= 15 is 0 Å². The number of pyridine rings is 1. The minimum atomic E-state index is -0.163. The van der Waals surface area contributed by atoms with Gasteiger partial charge in [-0.25, -0.2) is 4.79 Å². The van der Waals surface area contributed by atoms with Crippen LogP contribution >= 0.6 is 0 Å². The molecule has 1 unspecified atom stereocenters. The molecule has 0 aromatic carbocycles. The van der Waals surface area contributed by atoms with Gasteiger partial charge in [-0.3, -0.25) is 4.98 Å². The number of hydrogen-bond acceptors (Lipinski definition) is 3. The van der Waals surface area contributed by atoms with Crippen molar-refractivity contribution in [3.63, 3.8) is 0 Å². The summed E-state index contributed by atoms with van der Waals surface area (Å²) in [5, 5.41) is 9.02. The van der Waals surface area contributed by atoms with Crippen molar-refractivity contribution in [2.75, 3.05) is 18.4 Å². The molecule has 17 heavy (non-hydrogen) atoms. The molecule has 3 N–H and O–H groups in total. The third-order valence-electron chi connectivity index (χ3n) is 2.86. The van der Waals surface area contributed by atoms with Crippen molar-refractivity contribution in [1.29, 1.82) is 0 Å². The Kier molecular flexibility index (Phi) is 4.32. The number of piperidine rings is 1. The molecule has 1 aromatic rings. The number of carbonyl (C=O) groups is 1. The lowest BCUT2D eigenvalue weighted by Gasteiger charge is -2.23. The topological polar surface area (TPSA) is 66.1 Å². The third kappa shape index (κ3) is 4.03. The highest BCUT2D eigenvalue weighted by molar-refractivity contribution is 5.89. The number of anilines is 1. The Morgan fingerprint density at radius 1 is 1.41 bits per heavy atom. The average molecular weight is 234 g/mol. The van der Waals surface area contributed by atoms with Gasteiger partial charge in [0.1, 0.15) is 0 Å². The molecule has 2 rings (SSSR count). The fourth-order valence-corrected chi connectivity index (χ4v) is 1.92. The van der Waals surface area contributed by atoms with E-state index in [2.05, 4.69) is 20.9 Å². The van der Waals surface area contributed by atoms with Gasteiger partial charge >= 0.3 is 6.03 Å². The predicted molar refractivity (Wildman–Crippen MR) is 66.9 cm³/mol. The Hall–Kier alpha value is -1.62. The first-order valence-corrected chi connectivity index (χ1v) is 6.03. The van der Waals surface area contributed by atoms with E-state index in [1.54, 1.807) is 24.5 Å². The minimum absolute atomic E-state index is 0.163. The average Bonchev–Trinajstić information content (AvgIpc) is 2.39.